The molecular formula is C25H29F3N4O3. The fourth-order valence-corrected chi connectivity index (χ4v) is 4.55. The highest BCUT2D eigenvalue weighted by atomic mass is 19.4. The lowest BCUT2D eigenvalue weighted by molar-refractivity contribution is -0.142. The number of rotatable bonds is 6. The quantitative estimate of drug-likeness (QED) is 0.600. The molecule has 4 rings (SSSR count). The highest BCUT2D eigenvalue weighted by Gasteiger charge is 2.33. The van der Waals surface area contributed by atoms with Crippen molar-refractivity contribution < 1.29 is 27.5 Å². The molecule has 0 bridgehead atoms. The number of ether oxygens (including phenoxy) is 1. The van der Waals surface area contributed by atoms with Crippen LogP contribution in [0.3, 0.4) is 0 Å². The number of amides is 2. The van der Waals surface area contributed by atoms with E-state index in [4.69, 9.17) is 10.5 Å². The molecule has 1 saturated heterocycles. The molecule has 7 nitrogen and oxygen atoms in total. The molecule has 2 fully saturated rings. The Morgan fingerprint density at radius 1 is 1.06 bits per heavy atom. The van der Waals surface area contributed by atoms with Gasteiger partial charge in [0.15, 0.2) is 0 Å². The summed E-state index contributed by atoms with van der Waals surface area (Å²) in [4.78, 5) is 28.3. The second kappa shape index (κ2) is 10.6. The lowest BCUT2D eigenvalue weighted by Gasteiger charge is -2.35. The number of alkyl halides is 3. The molecule has 188 valence electrons. The van der Waals surface area contributed by atoms with E-state index in [2.05, 4.69) is 5.32 Å². The summed E-state index contributed by atoms with van der Waals surface area (Å²) in [5.41, 5.74) is 5.52. The van der Waals surface area contributed by atoms with Crippen LogP contribution >= 0.6 is 0 Å². The van der Waals surface area contributed by atoms with E-state index < -0.39 is 11.7 Å². The van der Waals surface area contributed by atoms with Crippen LogP contribution in [0.15, 0.2) is 48.5 Å². The molecule has 0 atom stereocenters. The summed E-state index contributed by atoms with van der Waals surface area (Å²) in [7, 11) is 0. The summed E-state index contributed by atoms with van der Waals surface area (Å²) >= 11 is 0. The van der Waals surface area contributed by atoms with Gasteiger partial charge in [-0.25, -0.2) is 0 Å². The number of carbonyl (C=O) groups excluding carboxylic acids is 2. The molecule has 0 spiro atoms. The number of nitrogen functional groups attached to an aromatic ring is 1. The molecule has 35 heavy (non-hydrogen) atoms. The average molecular weight is 491 g/mol. The number of nitrogens with one attached hydrogen (secondary N) is 1. The summed E-state index contributed by atoms with van der Waals surface area (Å²) in [6.07, 6.45) is -1.81. The maximum atomic E-state index is 13.1. The second-order valence-corrected chi connectivity index (χ2v) is 8.92. The molecule has 1 aliphatic heterocycles. The minimum atomic E-state index is -4.50. The first-order valence-corrected chi connectivity index (χ1v) is 11.7. The number of para-hydroxylation sites is 1. The predicted molar refractivity (Wildman–Crippen MR) is 127 cm³/mol. The number of hydrogen-bond donors (Lipinski definition) is 2. The minimum Gasteiger partial charge on any atom is -0.398 e. The van der Waals surface area contributed by atoms with Crippen LogP contribution in [-0.4, -0.2) is 55.1 Å². The molecule has 10 heteroatoms. The Labute approximate surface area is 202 Å². The van der Waals surface area contributed by atoms with Gasteiger partial charge in [0.2, 0.25) is 11.8 Å². The van der Waals surface area contributed by atoms with E-state index in [1.807, 2.05) is 30.3 Å². The van der Waals surface area contributed by atoms with E-state index in [-0.39, 0.29) is 42.8 Å². The van der Waals surface area contributed by atoms with Gasteiger partial charge in [-0.1, -0.05) is 18.2 Å². The van der Waals surface area contributed by atoms with Crippen LogP contribution in [0.5, 0.6) is 0 Å². The van der Waals surface area contributed by atoms with Gasteiger partial charge in [-0.3, -0.25) is 9.59 Å². The number of benzene rings is 2. The van der Waals surface area contributed by atoms with E-state index in [0.717, 1.165) is 11.8 Å². The molecule has 1 saturated carbocycles. The van der Waals surface area contributed by atoms with Gasteiger partial charge in [0, 0.05) is 36.2 Å². The Morgan fingerprint density at radius 2 is 1.77 bits per heavy atom. The molecule has 2 aromatic carbocycles. The lowest BCUT2D eigenvalue weighted by Crippen LogP contribution is -2.53. The van der Waals surface area contributed by atoms with Crippen molar-refractivity contribution in [2.24, 2.45) is 0 Å². The van der Waals surface area contributed by atoms with Gasteiger partial charge in [-0.2, -0.15) is 13.2 Å². The summed E-state index contributed by atoms with van der Waals surface area (Å²) in [5.74, 6) is -0.341. The molecule has 2 amide bonds. The molecule has 1 aliphatic carbocycles. The van der Waals surface area contributed by atoms with E-state index in [1.54, 1.807) is 11.0 Å². The van der Waals surface area contributed by atoms with Gasteiger partial charge in [-0.15, -0.1) is 0 Å². The van der Waals surface area contributed by atoms with Gasteiger partial charge in [-0.05, 0) is 56.0 Å². The molecule has 3 N–H and O–H groups in total. The predicted octanol–water partition coefficient (Wildman–Crippen LogP) is 3.90. The van der Waals surface area contributed by atoms with E-state index >= 15 is 0 Å². The topological polar surface area (TPSA) is 87.9 Å². The highest BCUT2D eigenvalue weighted by molar-refractivity contribution is 5.98. The van der Waals surface area contributed by atoms with Crippen LogP contribution in [-0.2, 0) is 20.5 Å². The molecule has 0 aromatic heterocycles. The number of anilines is 3. The van der Waals surface area contributed by atoms with Crippen molar-refractivity contribution in [1.82, 2.24) is 4.90 Å². The molecule has 0 unspecified atom stereocenters. The average Bonchev–Trinajstić information content (AvgIpc) is 2.84. The van der Waals surface area contributed by atoms with Crippen LogP contribution in [0.25, 0.3) is 0 Å². The third kappa shape index (κ3) is 6.25. The van der Waals surface area contributed by atoms with Crippen LogP contribution in [0.1, 0.15) is 31.2 Å². The molecule has 0 radical (unpaired) electrons. The summed E-state index contributed by atoms with van der Waals surface area (Å²) in [5, 5.41) is 3.15. The molecular weight excluding hydrogens is 461 g/mol. The van der Waals surface area contributed by atoms with Crippen molar-refractivity contribution in [3.8, 4) is 0 Å². The van der Waals surface area contributed by atoms with Gasteiger partial charge in [0.05, 0.1) is 11.7 Å². The Bertz CT molecular complexity index is 1040. The number of piperazine rings is 1. The minimum absolute atomic E-state index is 0.0129. The standard InChI is InChI=1S/C25H29F3N4O3/c26-25(27,28)21-14-18(8-11-22(21)29)30-17-6-9-20(10-7-17)35-16-24(34)31-12-13-32(23(33)15-31)19-4-2-1-3-5-19/h1-5,8,11,14,17,20,30H,6-7,9-10,12-13,15-16,29H2. The van der Waals surface area contributed by atoms with E-state index in [1.165, 1.54) is 11.0 Å². The lowest BCUT2D eigenvalue weighted by atomic mass is 9.92. The van der Waals surface area contributed by atoms with Gasteiger partial charge in [0.1, 0.15) is 13.2 Å². The maximum absolute atomic E-state index is 13.1. The van der Waals surface area contributed by atoms with E-state index in [9.17, 15) is 22.8 Å². The Kier molecular flexibility index (Phi) is 7.49. The van der Waals surface area contributed by atoms with Crippen LogP contribution < -0.4 is 16.0 Å². The number of carbonyl (C=O) groups is 2. The van der Waals surface area contributed by atoms with Crippen molar-refractivity contribution in [3.05, 3.63) is 54.1 Å². The normalized spacial score (nSPS) is 21.2. The zero-order valence-corrected chi connectivity index (χ0v) is 19.3. The van der Waals surface area contributed by atoms with Crippen molar-refractivity contribution in [3.63, 3.8) is 0 Å². The zero-order valence-electron chi connectivity index (χ0n) is 19.3. The number of hydrogen-bond acceptors (Lipinski definition) is 5. The molecule has 2 aliphatic rings. The van der Waals surface area contributed by atoms with Crippen LogP contribution in [0.4, 0.5) is 30.2 Å². The maximum Gasteiger partial charge on any atom is 0.418 e. The van der Waals surface area contributed by atoms with Gasteiger partial charge >= 0.3 is 6.18 Å². The Hall–Kier alpha value is -3.27. The smallest absolute Gasteiger partial charge is 0.398 e. The van der Waals surface area contributed by atoms with Crippen molar-refractivity contribution in [1.29, 1.82) is 0 Å². The third-order valence-corrected chi connectivity index (χ3v) is 6.49. The first-order valence-electron chi connectivity index (χ1n) is 11.7. The summed E-state index contributed by atoms with van der Waals surface area (Å²) in [6, 6.07) is 13.2. The van der Waals surface area contributed by atoms with Crippen LogP contribution in [0, 0.1) is 0 Å². The first-order chi connectivity index (χ1) is 16.7. The van der Waals surface area contributed by atoms with Crippen LogP contribution in [0.2, 0.25) is 0 Å². The second-order valence-electron chi connectivity index (χ2n) is 8.92. The summed E-state index contributed by atoms with van der Waals surface area (Å²) in [6.45, 7) is 0.817. The Balaban J connectivity index is 1.20. The Morgan fingerprint density at radius 3 is 2.43 bits per heavy atom. The molecule has 1 heterocycles. The SMILES string of the molecule is Nc1ccc(NC2CCC(OCC(=O)N3CCN(c4ccccc4)C(=O)C3)CC2)cc1C(F)(F)F. The highest BCUT2D eigenvalue weighted by Crippen LogP contribution is 2.35. The number of halogens is 3. The van der Waals surface area contributed by atoms with Crippen molar-refractivity contribution in [2.45, 2.75) is 44.0 Å². The fraction of sp³-hybridized carbons (Fsp3) is 0.440. The van der Waals surface area contributed by atoms with Crippen molar-refractivity contribution in [2.75, 3.05) is 42.2 Å². The van der Waals surface area contributed by atoms with E-state index in [0.29, 0.717) is 44.5 Å². The third-order valence-electron chi connectivity index (χ3n) is 6.49. The monoisotopic (exact) mass is 490 g/mol. The number of nitrogens with zero attached hydrogens (tertiary/aromatic N) is 2. The number of nitrogens with two attached hydrogens (primary N) is 1. The largest absolute Gasteiger partial charge is 0.418 e. The van der Waals surface area contributed by atoms with Crippen molar-refractivity contribution >= 4 is 28.9 Å². The zero-order chi connectivity index (χ0) is 25.0. The first kappa shape index (κ1) is 24.8. The van der Waals surface area contributed by atoms with Gasteiger partial charge in [0.25, 0.3) is 0 Å². The fourth-order valence-electron chi connectivity index (χ4n) is 4.55. The molecule has 2 aromatic rings. The summed E-state index contributed by atoms with van der Waals surface area (Å²) < 4.78 is 45.1. The van der Waals surface area contributed by atoms with Gasteiger partial charge < -0.3 is 25.6 Å².